The highest BCUT2D eigenvalue weighted by Crippen LogP contribution is 2.21. The number of nitrogens with one attached hydrogen (secondary N) is 2. The Bertz CT molecular complexity index is 535. The molecule has 134 valence electrons. The minimum atomic E-state index is -1.16. The summed E-state index contributed by atoms with van der Waals surface area (Å²) in [6.45, 7) is 3.03. The summed E-state index contributed by atoms with van der Waals surface area (Å²) >= 11 is 5.19. The summed E-state index contributed by atoms with van der Waals surface area (Å²) in [5.41, 5.74) is 0.435. The average molecular weight is 353 g/mol. The number of thiocarbonyl (C=S) groups is 1. The Morgan fingerprint density at radius 1 is 1.08 bits per heavy atom. The van der Waals surface area contributed by atoms with E-state index in [9.17, 15) is 9.90 Å². The van der Waals surface area contributed by atoms with E-state index in [0.29, 0.717) is 10.8 Å². The minimum absolute atomic E-state index is 0.127. The lowest BCUT2D eigenvalue weighted by molar-refractivity contribution is 0.0694. The normalized spacial score (nSPS) is 10.4. The fourth-order valence-electron chi connectivity index (χ4n) is 2.43. The third-order valence-corrected chi connectivity index (χ3v) is 4.05. The molecule has 1 aromatic rings. The molecule has 0 aliphatic rings. The molecule has 0 aliphatic carbocycles. The highest BCUT2D eigenvalue weighted by molar-refractivity contribution is 7.80. The Morgan fingerprint density at radius 2 is 1.71 bits per heavy atom. The number of rotatable bonds is 11. The third-order valence-electron chi connectivity index (χ3n) is 3.80. The Kier molecular flexibility index (Phi) is 9.84. The zero-order valence-corrected chi connectivity index (χ0v) is 15.1. The van der Waals surface area contributed by atoms with E-state index >= 15 is 0 Å². The van der Waals surface area contributed by atoms with Crippen molar-refractivity contribution in [3.63, 3.8) is 0 Å². The molecule has 5 nitrogen and oxygen atoms in total. The number of aromatic carboxylic acids is 1. The lowest BCUT2D eigenvalue weighted by Gasteiger charge is -2.11. The van der Waals surface area contributed by atoms with Gasteiger partial charge in [-0.25, -0.2) is 4.79 Å². The largest absolute Gasteiger partial charge is 0.507 e. The molecule has 0 aromatic heterocycles. The molecule has 0 heterocycles. The molecular weight excluding hydrogens is 324 g/mol. The van der Waals surface area contributed by atoms with Crippen LogP contribution in [0.25, 0.3) is 0 Å². The van der Waals surface area contributed by atoms with Gasteiger partial charge in [-0.1, -0.05) is 51.9 Å². The van der Waals surface area contributed by atoms with Crippen LogP contribution >= 0.6 is 12.2 Å². The Hall–Kier alpha value is -1.82. The molecule has 0 atom stereocenters. The van der Waals surface area contributed by atoms with Gasteiger partial charge in [0.05, 0.1) is 0 Å². The van der Waals surface area contributed by atoms with Crippen molar-refractivity contribution in [1.82, 2.24) is 5.32 Å². The zero-order valence-electron chi connectivity index (χ0n) is 14.3. The topological polar surface area (TPSA) is 81.6 Å². The molecular formula is C18H28N2O3S. The van der Waals surface area contributed by atoms with E-state index in [0.717, 1.165) is 13.0 Å². The Morgan fingerprint density at radius 3 is 2.29 bits per heavy atom. The molecule has 0 saturated heterocycles. The lowest BCUT2D eigenvalue weighted by Crippen LogP contribution is -2.29. The predicted octanol–water partition coefficient (Wildman–Crippen LogP) is 4.52. The zero-order chi connectivity index (χ0) is 17.8. The van der Waals surface area contributed by atoms with Gasteiger partial charge in [-0.15, -0.1) is 0 Å². The van der Waals surface area contributed by atoms with E-state index in [1.165, 1.54) is 57.1 Å². The van der Waals surface area contributed by atoms with Crippen LogP contribution in [-0.2, 0) is 0 Å². The van der Waals surface area contributed by atoms with Crippen molar-refractivity contribution in [1.29, 1.82) is 0 Å². The third kappa shape index (κ3) is 8.15. The molecule has 0 unspecified atom stereocenters. The van der Waals surface area contributed by atoms with Crippen molar-refractivity contribution < 1.29 is 15.0 Å². The average Bonchev–Trinajstić information content (AvgIpc) is 2.53. The maximum atomic E-state index is 10.8. The van der Waals surface area contributed by atoms with Crippen molar-refractivity contribution in [3.05, 3.63) is 23.8 Å². The van der Waals surface area contributed by atoms with E-state index in [-0.39, 0.29) is 11.3 Å². The summed E-state index contributed by atoms with van der Waals surface area (Å²) in [6, 6.07) is 4.28. The predicted molar refractivity (Wildman–Crippen MR) is 102 cm³/mol. The molecule has 0 bridgehead atoms. The molecule has 0 radical (unpaired) electrons. The number of carboxylic acid groups (broad SMARTS) is 1. The van der Waals surface area contributed by atoms with Crippen LogP contribution in [0.3, 0.4) is 0 Å². The number of aromatic hydroxyl groups is 1. The van der Waals surface area contributed by atoms with Crippen LogP contribution in [0.2, 0.25) is 0 Å². The first-order chi connectivity index (χ1) is 11.5. The van der Waals surface area contributed by atoms with Gasteiger partial charge in [0.1, 0.15) is 11.3 Å². The van der Waals surface area contributed by atoms with Crippen LogP contribution in [0.15, 0.2) is 18.2 Å². The first-order valence-corrected chi connectivity index (χ1v) is 9.06. The fourth-order valence-corrected chi connectivity index (χ4v) is 2.65. The smallest absolute Gasteiger partial charge is 0.339 e. The molecule has 0 fully saturated rings. The second kappa shape index (κ2) is 11.7. The van der Waals surface area contributed by atoms with Crippen LogP contribution in [0.5, 0.6) is 5.75 Å². The van der Waals surface area contributed by atoms with Crippen molar-refractivity contribution in [2.45, 2.75) is 58.3 Å². The number of unbranched alkanes of at least 4 members (excludes halogenated alkanes) is 7. The second-order valence-electron chi connectivity index (χ2n) is 5.89. The molecule has 0 saturated carbocycles. The SMILES string of the molecule is CCCCCCCCCCNC(=S)Nc1ccc(C(=O)O)c(O)c1. The van der Waals surface area contributed by atoms with Gasteiger partial charge in [-0.3, -0.25) is 0 Å². The van der Waals surface area contributed by atoms with E-state index in [2.05, 4.69) is 17.6 Å². The van der Waals surface area contributed by atoms with Gasteiger partial charge in [-0.2, -0.15) is 0 Å². The molecule has 6 heteroatoms. The monoisotopic (exact) mass is 352 g/mol. The summed E-state index contributed by atoms with van der Waals surface area (Å²) in [7, 11) is 0. The van der Waals surface area contributed by atoms with Crippen molar-refractivity contribution in [2.75, 3.05) is 11.9 Å². The maximum Gasteiger partial charge on any atom is 0.339 e. The standard InChI is InChI=1S/C18H28N2O3S/c1-2-3-4-5-6-7-8-9-12-19-18(24)20-14-10-11-15(17(22)23)16(21)13-14/h10-11,13,21H,2-9,12H2,1H3,(H,22,23)(H2,19,20,24). The first-order valence-electron chi connectivity index (χ1n) is 8.65. The van der Waals surface area contributed by atoms with E-state index in [4.69, 9.17) is 17.3 Å². The second-order valence-corrected chi connectivity index (χ2v) is 6.30. The molecule has 0 spiro atoms. The van der Waals surface area contributed by atoms with Crippen LogP contribution in [-0.4, -0.2) is 27.8 Å². The van der Waals surface area contributed by atoms with Crippen LogP contribution in [0, 0.1) is 0 Å². The summed E-state index contributed by atoms with van der Waals surface area (Å²) in [5, 5.41) is 25.0. The number of carbonyl (C=O) groups is 1. The number of anilines is 1. The number of phenols is 1. The van der Waals surface area contributed by atoms with Gasteiger partial charge in [-0.05, 0) is 30.8 Å². The van der Waals surface area contributed by atoms with E-state index < -0.39 is 5.97 Å². The van der Waals surface area contributed by atoms with Gasteiger partial charge in [0.2, 0.25) is 0 Å². The van der Waals surface area contributed by atoms with E-state index in [1.54, 1.807) is 6.07 Å². The summed E-state index contributed by atoms with van der Waals surface area (Å²) < 4.78 is 0. The molecule has 0 amide bonds. The van der Waals surface area contributed by atoms with E-state index in [1.807, 2.05) is 0 Å². The fraction of sp³-hybridized carbons (Fsp3) is 0.556. The van der Waals surface area contributed by atoms with Gasteiger partial charge in [0.15, 0.2) is 5.11 Å². The highest BCUT2D eigenvalue weighted by Gasteiger charge is 2.09. The van der Waals surface area contributed by atoms with Gasteiger partial charge >= 0.3 is 5.97 Å². The van der Waals surface area contributed by atoms with Crippen LogP contribution in [0.4, 0.5) is 5.69 Å². The number of carboxylic acids is 1. The minimum Gasteiger partial charge on any atom is -0.507 e. The summed E-state index contributed by atoms with van der Waals surface area (Å²) in [4.78, 5) is 10.8. The van der Waals surface area contributed by atoms with Crippen LogP contribution < -0.4 is 10.6 Å². The first kappa shape index (κ1) is 20.2. The van der Waals surface area contributed by atoms with Crippen LogP contribution in [0.1, 0.15) is 68.6 Å². The Labute approximate surface area is 149 Å². The van der Waals surface area contributed by atoms with Crippen molar-refractivity contribution >= 4 is 29.0 Å². The number of hydrogen-bond acceptors (Lipinski definition) is 3. The van der Waals surface area contributed by atoms with Gasteiger partial charge in [0, 0.05) is 18.3 Å². The highest BCUT2D eigenvalue weighted by atomic mass is 32.1. The summed E-state index contributed by atoms with van der Waals surface area (Å²) in [6.07, 6.45) is 10.1. The maximum absolute atomic E-state index is 10.8. The van der Waals surface area contributed by atoms with Crippen molar-refractivity contribution in [3.8, 4) is 5.75 Å². The lowest BCUT2D eigenvalue weighted by atomic mass is 10.1. The van der Waals surface area contributed by atoms with Gasteiger partial charge in [0.25, 0.3) is 0 Å². The molecule has 1 rings (SSSR count). The van der Waals surface area contributed by atoms with Gasteiger partial charge < -0.3 is 20.8 Å². The Balaban J connectivity index is 2.16. The molecule has 0 aliphatic heterocycles. The quantitative estimate of drug-likeness (QED) is 0.346. The molecule has 4 N–H and O–H groups in total. The number of hydrogen-bond donors (Lipinski definition) is 4. The molecule has 1 aromatic carbocycles. The number of benzene rings is 1. The van der Waals surface area contributed by atoms with Crippen molar-refractivity contribution in [2.24, 2.45) is 0 Å². The molecule has 24 heavy (non-hydrogen) atoms. The summed E-state index contributed by atoms with van der Waals surface area (Å²) in [5.74, 6) is -1.44.